The molecule has 0 amide bonds. The lowest BCUT2D eigenvalue weighted by atomic mass is 9.97. The van der Waals surface area contributed by atoms with E-state index in [9.17, 15) is 5.11 Å². The first-order valence-electron chi connectivity index (χ1n) is 7.90. The van der Waals surface area contributed by atoms with Gasteiger partial charge in [-0.3, -0.25) is 4.98 Å². The van der Waals surface area contributed by atoms with E-state index in [1.165, 1.54) is 12.8 Å². The van der Waals surface area contributed by atoms with Crippen LogP contribution in [0.4, 0.5) is 0 Å². The molecule has 2 atom stereocenters. The van der Waals surface area contributed by atoms with Gasteiger partial charge in [0, 0.05) is 50.1 Å². The number of aliphatic hydroxyl groups is 1. The molecule has 0 aromatic carbocycles. The predicted octanol–water partition coefficient (Wildman–Crippen LogP) is 1.55. The van der Waals surface area contributed by atoms with Gasteiger partial charge in [0.05, 0.1) is 5.92 Å². The maximum Gasteiger partial charge on any atom is 0.231 e. The van der Waals surface area contributed by atoms with Crippen LogP contribution in [0.25, 0.3) is 11.4 Å². The van der Waals surface area contributed by atoms with Crippen molar-refractivity contribution in [1.29, 1.82) is 0 Å². The quantitative estimate of drug-likeness (QED) is 0.903. The number of pyridine rings is 1. The number of nitrogens with zero attached hydrogens (tertiary/aromatic N) is 4. The lowest BCUT2D eigenvalue weighted by Crippen LogP contribution is -2.23. The van der Waals surface area contributed by atoms with Gasteiger partial charge in [-0.2, -0.15) is 4.98 Å². The Morgan fingerprint density at radius 2 is 2.05 bits per heavy atom. The zero-order chi connectivity index (χ0) is 14.9. The van der Waals surface area contributed by atoms with Crippen LogP contribution in [0.5, 0.6) is 0 Å². The summed E-state index contributed by atoms with van der Waals surface area (Å²) in [7, 11) is 0. The van der Waals surface area contributed by atoms with Crippen molar-refractivity contribution < 1.29 is 9.63 Å². The summed E-state index contributed by atoms with van der Waals surface area (Å²) in [6.45, 7) is 3.13. The lowest BCUT2D eigenvalue weighted by Gasteiger charge is -2.13. The van der Waals surface area contributed by atoms with Gasteiger partial charge in [0.15, 0.2) is 0 Å². The molecule has 116 valence electrons. The molecule has 2 aromatic heterocycles. The summed E-state index contributed by atoms with van der Waals surface area (Å²) >= 11 is 0. The lowest BCUT2D eigenvalue weighted by molar-refractivity contribution is 0.205. The van der Waals surface area contributed by atoms with Gasteiger partial charge in [0.2, 0.25) is 11.7 Å². The van der Waals surface area contributed by atoms with Crippen LogP contribution in [0.3, 0.4) is 0 Å². The highest BCUT2D eigenvalue weighted by atomic mass is 16.5. The van der Waals surface area contributed by atoms with Crippen molar-refractivity contribution in [1.82, 2.24) is 20.0 Å². The topological polar surface area (TPSA) is 75.3 Å². The van der Waals surface area contributed by atoms with Crippen molar-refractivity contribution in [3.8, 4) is 11.4 Å². The first-order chi connectivity index (χ1) is 10.8. The molecule has 0 spiro atoms. The minimum Gasteiger partial charge on any atom is -0.396 e. The second-order valence-corrected chi connectivity index (χ2v) is 6.40. The summed E-state index contributed by atoms with van der Waals surface area (Å²) in [6.07, 6.45) is 6.12. The summed E-state index contributed by atoms with van der Waals surface area (Å²) in [5.41, 5.74) is 0.901. The van der Waals surface area contributed by atoms with Gasteiger partial charge < -0.3 is 14.5 Å². The average molecular weight is 300 g/mol. The van der Waals surface area contributed by atoms with Crippen molar-refractivity contribution >= 4 is 0 Å². The summed E-state index contributed by atoms with van der Waals surface area (Å²) in [5, 5.41) is 13.7. The van der Waals surface area contributed by atoms with E-state index in [0.717, 1.165) is 31.1 Å². The smallest absolute Gasteiger partial charge is 0.231 e. The first-order valence-corrected chi connectivity index (χ1v) is 7.90. The van der Waals surface area contributed by atoms with E-state index in [2.05, 4.69) is 20.0 Å². The monoisotopic (exact) mass is 300 g/mol. The normalized spacial score (nSPS) is 25.7. The molecule has 0 bridgehead atoms. The third-order valence-corrected chi connectivity index (χ3v) is 4.66. The molecule has 22 heavy (non-hydrogen) atoms. The van der Waals surface area contributed by atoms with Crippen LogP contribution in [0.1, 0.15) is 24.7 Å². The van der Waals surface area contributed by atoms with Crippen LogP contribution in [-0.4, -0.2) is 51.4 Å². The van der Waals surface area contributed by atoms with Crippen LogP contribution in [0.2, 0.25) is 0 Å². The molecular weight excluding hydrogens is 280 g/mol. The number of rotatable bonds is 5. The maximum atomic E-state index is 9.66. The van der Waals surface area contributed by atoms with Gasteiger partial charge in [-0.15, -0.1) is 0 Å². The molecule has 1 aliphatic heterocycles. The van der Waals surface area contributed by atoms with E-state index >= 15 is 0 Å². The third kappa shape index (κ3) is 2.76. The molecule has 3 heterocycles. The summed E-state index contributed by atoms with van der Waals surface area (Å²) < 4.78 is 5.48. The molecule has 2 fully saturated rings. The van der Waals surface area contributed by atoms with Crippen molar-refractivity contribution in [2.45, 2.75) is 18.8 Å². The van der Waals surface area contributed by atoms with Gasteiger partial charge in [-0.1, -0.05) is 5.16 Å². The minimum atomic E-state index is 0.131. The molecule has 2 aliphatic rings. The SMILES string of the molecule is OC[C@@H]1CN(CC2CC2)C[C@H]1c1nc(-c2ccncc2)no1. The highest BCUT2D eigenvalue weighted by Crippen LogP contribution is 2.36. The largest absolute Gasteiger partial charge is 0.396 e. The highest BCUT2D eigenvalue weighted by Gasteiger charge is 2.38. The second-order valence-electron chi connectivity index (χ2n) is 6.40. The number of hydrogen-bond donors (Lipinski definition) is 1. The fraction of sp³-hybridized carbons (Fsp3) is 0.562. The van der Waals surface area contributed by atoms with Crippen LogP contribution in [0.15, 0.2) is 29.0 Å². The molecule has 1 saturated carbocycles. The van der Waals surface area contributed by atoms with Crippen LogP contribution in [0, 0.1) is 11.8 Å². The van der Waals surface area contributed by atoms with E-state index in [0.29, 0.717) is 11.7 Å². The molecule has 0 radical (unpaired) electrons. The van der Waals surface area contributed by atoms with Gasteiger partial charge in [0.1, 0.15) is 0 Å². The van der Waals surface area contributed by atoms with E-state index in [1.807, 2.05) is 12.1 Å². The van der Waals surface area contributed by atoms with Gasteiger partial charge in [-0.25, -0.2) is 0 Å². The Balaban J connectivity index is 1.52. The van der Waals surface area contributed by atoms with Crippen LogP contribution < -0.4 is 0 Å². The fourth-order valence-corrected chi connectivity index (χ4v) is 3.24. The predicted molar refractivity (Wildman–Crippen MR) is 80.0 cm³/mol. The molecular formula is C16H20N4O2. The summed E-state index contributed by atoms with van der Waals surface area (Å²) in [6, 6.07) is 3.73. The number of aromatic nitrogens is 3. The standard InChI is InChI=1S/C16H20N4O2/c21-10-13-8-20(7-11-1-2-11)9-14(13)16-18-15(19-22-16)12-3-5-17-6-4-12/h3-6,11,13-14,21H,1-2,7-10H2/t13-,14+/m0/s1. The zero-order valence-corrected chi connectivity index (χ0v) is 12.4. The summed E-state index contributed by atoms with van der Waals surface area (Å²) in [5.74, 6) is 2.41. The second kappa shape index (κ2) is 5.78. The van der Waals surface area contributed by atoms with Gasteiger partial charge in [0.25, 0.3) is 0 Å². The maximum absolute atomic E-state index is 9.66. The molecule has 4 rings (SSSR count). The van der Waals surface area contributed by atoms with E-state index < -0.39 is 0 Å². The fourth-order valence-electron chi connectivity index (χ4n) is 3.24. The van der Waals surface area contributed by atoms with Crippen molar-refractivity contribution in [2.24, 2.45) is 11.8 Å². The van der Waals surface area contributed by atoms with Crippen LogP contribution in [-0.2, 0) is 0 Å². The molecule has 1 N–H and O–H groups in total. The van der Waals surface area contributed by atoms with Crippen LogP contribution >= 0.6 is 0 Å². The zero-order valence-electron chi connectivity index (χ0n) is 12.4. The number of aliphatic hydroxyl groups excluding tert-OH is 1. The molecule has 2 aromatic rings. The average Bonchev–Trinajstić information content (AvgIpc) is 3.09. The molecule has 0 unspecified atom stereocenters. The Bertz CT molecular complexity index is 626. The Morgan fingerprint density at radius 3 is 2.77 bits per heavy atom. The highest BCUT2D eigenvalue weighted by molar-refractivity contribution is 5.52. The first kappa shape index (κ1) is 13.8. The Kier molecular flexibility index (Phi) is 3.63. The molecule has 1 aliphatic carbocycles. The van der Waals surface area contributed by atoms with Gasteiger partial charge in [-0.05, 0) is 30.9 Å². The number of likely N-dealkylation sites (tertiary alicyclic amines) is 1. The van der Waals surface area contributed by atoms with E-state index in [4.69, 9.17) is 4.52 Å². The molecule has 6 heteroatoms. The Morgan fingerprint density at radius 1 is 1.23 bits per heavy atom. The Hall–Kier alpha value is -1.79. The number of hydrogen-bond acceptors (Lipinski definition) is 6. The summed E-state index contributed by atoms with van der Waals surface area (Å²) in [4.78, 5) is 11.0. The van der Waals surface area contributed by atoms with Crippen molar-refractivity contribution in [3.05, 3.63) is 30.4 Å². The van der Waals surface area contributed by atoms with Crippen molar-refractivity contribution in [2.75, 3.05) is 26.2 Å². The third-order valence-electron chi connectivity index (χ3n) is 4.66. The van der Waals surface area contributed by atoms with E-state index in [1.54, 1.807) is 12.4 Å². The van der Waals surface area contributed by atoms with Crippen molar-refractivity contribution in [3.63, 3.8) is 0 Å². The van der Waals surface area contributed by atoms with Gasteiger partial charge >= 0.3 is 0 Å². The minimum absolute atomic E-state index is 0.131. The molecule has 6 nitrogen and oxygen atoms in total. The Labute approximate surface area is 129 Å². The van der Waals surface area contributed by atoms with E-state index in [-0.39, 0.29) is 18.4 Å². The molecule has 1 saturated heterocycles.